The maximum atomic E-state index is 14.1. The van der Waals surface area contributed by atoms with Crippen molar-refractivity contribution >= 4 is 26.3 Å². The zero-order chi connectivity index (χ0) is 26.2. The molecule has 0 amide bonds. The van der Waals surface area contributed by atoms with Crippen molar-refractivity contribution in [2.75, 3.05) is 18.0 Å². The number of nitrogens with zero attached hydrogens (tertiary/aromatic N) is 2. The summed E-state index contributed by atoms with van der Waals surface area (Å²) in [6.45, 7) is 16.3. The molecule has 0 bridgehead atoms. The summed E-state index contributed by atoms with van der Waals surface area (Å²) in [7, 11) is -3.45. The molecule has 2 heterocycles. The fourth-order valence-corrected chi connectivity index (χ4v) is 8.31. The Bertz CT molecular complexity index is 1270. The van der Waals surface area contributed by atoms with Crippen LogP contribution in [-0.4, -0.2) is 31.7 Å². The van der Waals surface area contributed by atoms with Gasteiger partial charge in [0.25, 0.3) is 0 Å². The highest BCUT2D eigenvalue weighted by Crippen LogP contribution is 2.39. The van der Waals surface area contributed by atoms with E-state index in [0.717, 1.165) is 27.5 Å². The first-order valence-corrected chi connectivity index (χ1v) is 15.6. The number of thiazole rings is 1. The number of rotatable bonds is 7. The SMILES string of the molecule is Cc1ccc(-c2csc(N3CCC(S(=O)(=O)c4c(C(C)C)cc(C(C)C)cc4C(C)C)CC3)n2)cc1. The van der Waals surface area contributed by atoms with E-state index in [1.165, 1.54) is 11.1 Å². The molecule has 0 atom stereocenters. The summed E-state index contributed by atoms with van der Waals surface area (Å²) >= 11 is 1.64. The molecule has 0 N–H and O–H groups in total. The van der Waals surface area contributed by atoms with E-state index in [-0.39, 0.29) is 17.1 Å². The molecule has 0 spiro atoms. The number of hydrogen-bond donors (Lipinski definition) is 0. The summed E-state index contributed by atoms with van der Waals surface area (Å²) in [5, 5.41) is 2.72. The molecule has 1 saturated heterocycles. The number of aromatic nitrogens is 1. The Balaban J connectivity index is 1.58. The fraction of sp³-hybridized carbons (Fsp3) is 0.500. The molecule has 1 aliphatic rings. The zero-order valence-corrected chi connectivity index (χ0v) is 24.3. The molecule has 4 rings (SSSR count). The topological polar surface area (TPSA) is 50.3 Å². The van der Waals surface area contributed by atoms with E-state index in [4.69, 9.17) is 4.98 Å². The predicted molar refractivity (Wildman–Crippen MR) is 153 cm³/mol. The van der Waals surface area contributed by atoms with Crippen molar-refractivity contribution in [1.82, 2.24) is 4.98 Å². The highest BCUT2D eigenvalue weighted by molar-refractivity contribution is 7.92. The maximum absolute atomic E-state index is 14.1. The molecule has 0 aliphatic carbocycles. The average molecular weight is 525 g/mol. The van der Waals surface area contributed by atoms with Crippen molar-refractivity contribution in [3.8, 4) is 11.3 Å². The third kappa shape index (κ3) is 5.40. The Morgan fingerprint density at radius 3 is 1.94 bits per heavy atom. The lowest BCUT2D eigenvalue weighted by atomic mass is 9.89. The average Bonchev–Trinajstić information content (AvgIpc) is 3.34. The molecule has 0 unspecified atom stereocenters. The van der Waals surface area contributed by atoms with Gasteiger partial charge in [0.05, 0.1) is 15.8 Å². The third-order valence-corrected chi connectivity index (χ3v) is 10.6. The lowest BCUT2D eigenvalue weighted by Gasteiger charge is -2.33. The Morgan fingerprint density at radius 1 is 0.889 bits per heavy atom. The normalized spacial score (nSPS) is 15.4. The molecule has 2 aromatic carbocycles. The van der Waals surface area contributed by atoms with Gasteiger partial charge in [-0.2, -0.15) is 0 Å². The second-order valence-corrected chi connectivity index (χ2v) is 14.1. The highest BCUT2D eigenvalue weighted by Gasteiger charge is 2.36. The van der Waals surface area contributed by atoms with Gasteiger partial charge in [0, 0.05) is 24.0 Å². The zero-order valence-electron chi connectivity index (χ0n) is 22.7. The summed E-state index contributed by atoms with van der Waals surface area (Å²) < 4.78 is 28.3. The van der Waals surface area contributed by atoms with Crippen LogP contribution in [0, 0.1) is 6.92 Å². The number of piperidine rings is 1. The quantitative estimate of drug-likeness (QED) is 0.315. The van der Waals surface area contributed by atoms with E-state index >= 15 is 0 Å². The van der Waals surface area contributed by atoms with E-state index < -0.39 is 9.84 Å². The minimum atomic E-state index is -3.45. The monoisotopic (exact) mass is 524 g/mol. The summed E-state index contributed by atoms with van der Waals surface area (Å²) in [4.78, 5) is 7.73. The van der Waals surface area contributed by atoms with Gasteiger partial charge >= 0.3 is 0 Å². The first-order chi connectivity index (χ1) is 17.0. The maximum Gasteiger partial charge on any atom is 0.185 e. The van der Waals surface area contributed by atoms with Gasteiger partial charge in [-0.05, 0) is 54.2 Å². The Labute approximate surface area is 221 Å². The Morgan fingerprint density at radius 2 is 1.44 bits per heavy atom. The van der Waals surface area contributed by atoms with Crippen molar-refractivity contribution < 1.29 is 8.42 Å². The number of hydrogen-bond acceptors (Lipinski definition) is 5. The summed E-state index contributed by atoms with van der Waals surface area (Å²) in [5.41, 5.74) is 6.53. The van der Waals surface area contributed by atoms with Gasteiger partial charge < -0.3 is 4.90 Å². The van der Waals surface area contributed by atoms with Crippen molar-refractivity contribution in [3.05, 3.63) is 64.0 Å². The van der Waals surface area contributed by atoms with Crippen molar-refractivity contribution in [1.29, 1.82) is 0 Å². The van der Waals surface area contributed by atoms with Crippen LogP contribution < -0.4 is 4.90 Å². The summed E-state index contributed by atoms with van der Waals surface area (Å²) in [6, 6.07) is 12.7. The Hall–Kier alpha value is -2.18. The number of aryl methyl sites for hydroxylation is 1. The van der Waals surface area contributed by atoms with Crippen LogP contribution in [0.25, 0.3) is 11.3 Å². The van der Waals surface area contributed by atoms with Gasteiger partial charge in [0.1, 0.15) is 0 Å². The number of anilines is 1. The molecule has 194 valence electrons. The van der Waals surface area contributed by atoms with Crippen molar-refractivity contribution in [2.45, 2.75) is 89.2 Å². The molecule has 0 saturated carbocycles. The van der Waals surface area contributed by atoms with Gasteiger partial charge in [-0.3, -0.25) is 0 Å². The lowest BCUT2D eigenvalue weighted by Crippen LogP contribution is -2.39. The standard InChI is InChI=1S/C30H40N2O2S2/c1-19(2)24-16-26(20(3)4)29(27(17-24)21(5)6)36(33,34)25-12-14-32(15-13-25)30-31-28(18-35-30)23-10-8-22(7)9-11-23/h8-11,16-21,25H,12-15H2,1-7H3. The molecule has 1 fully saturated rings. The summed E-state index contributed by atoms with van der Waals surface area (Å²) in [5.74, 6) is 0.672. The fourth-order valence-electron chi connectivity index (χ4n) is 5.01. The molecule has 1 aliphatic heterocycles. The van der Waals surface area contributed by atoms with Gasteiger partial charge in [0.15, 0.2) is 15.0 Å². The minimum Gasteiger partial charge on any atom is -0.348 e. The van der Waals surface area contributed by atoms with Crippen molar-refractivity contribution in [3.63, 3.8) is 0 Å². The second kappa shape index (κ2) is 10.7. The molecule has 36 heavy (non-hydrogen) atoms. The van der Waals surface area contributed by atoms with Gasteiger partial charge in [-0.25, -0.2) is 13.4 Å². The van der Waals surface area contributed by atoms with E-state index in [0.29, 0.717) is 36.7 Å². The summed E-state index contributed by atoms with van der Waals surface area (Å²) in [6.07, 6.45) is 1.26. The molecule has 1 aromatic heterocycles. The van der Waals surface area contributed by atoms with Crippen LogP contribution in [0.3, 0.4) is 0 Å². The number of benzene rings is 2. The van der Waals surface area contributed by atoms with E-state index in [1.807, 2.05) is 0 Å². The minimum absolute atomic E-state index is 0.154. The molecular formula is C30H40N2O2S2. The van der Waals surface area contributed by atoms with Crippen LogP contribution >= 0.6 is 11.3 Å². The van der Waals surface area contributed by atoms with Crippen LogP contribution in [0.5, 0.6) is 0 Å². The molecule has 0 radical (unpaired) electrons. The first kappa shape index (κ1) is 26.9. The number of sulfone groups is 1. The third-order valence-electron chi connectivity index (χ3n) is 7.35. The highest BCUT2D eigenvalue weighted by atomic mass is 32.2. The molecule has 3 aromatic rings. The predicted octanol–water partition coefficient (Wildman–Crippen LogP) is 7.93. The largest absolute Gasteiger partial charge is 0.348 e. The lowest BCUT2D eigenvalue weighted by molar-refractivity contribution is 0.526. The molecule has 4 nitrogen and oxygen atoms in total. The van der Waals surface area contributed by atoms with E-state index in [2.05, 4.69) is 95.1 Å². The molecular weight excluding hydrogens is 484 g/mol. The van der Waals surface area contributed by atoms with Crippen LogP contribution in [0.15, 0.2) is 46.7 Å². The van der Waals surface area contributed by atoms with Crippen LogP contribution in [0.2, 0.25) is 0 Å². The van der Waals surface area contributed by atoms with E-state index in [1.54, 1.807) is 11.3 Å². The second-order valence-electron chi connectivity index (χ2n) is 11.1. The van der Waals surface area contributed by atoms with Crippen LogP contribution in [0.4, 0.5) is 5.13 Å². The van der Waals surface area contributed by atoms with Crippen molar-refractivity contribution in [2.24, 2.45) is 0 Å². The van der Waals surface area contributed by atoms with Crippen LogP contribution in [0.1, 0.15) is 94.4 Å². The smallest absolute Gasteiger partial charge is 0.185 e. The first-order valence-electron chi connectivity index (χ1n) is 13.2. The molecule has 6 heteroatoms. The Kier molecular flexibility index (Phi) is 7.96. The van der Waals surface area contributed by atoms with Gasteiger partial charge in [-0.1, -0.05) is 83.5 Å². The van der Waals surface area contributed by atoms with Crippen LogP contribution in [-0.2, 0) is 9.84 Å². The van der Waals surface area contributed by atoms with E-state index in [9.17, 15) is 8.42 Å². The van der Waals surface area contributed by atoms with Gasteiger partial charge in [0.2, 0.25) is 0 Å². The van der Waals surface area contributed by atoms with Gasteiger partial charge in [-0.15, -0.1) is 11.3 Å².